The number of nitrogens with one attached hydrogen (secondary N) is 3. The molecule has 0 aliphatic carbocycles. The fraction of sp³-hybridized carbons (Fsp3) is 0.778. The molecule has 0 atom stereocenters. The van der Waals surface area contributed by atoms with Crippen LogP contribution in [0.3, 0.4) is 0 Å². The van der Waals surface area contributed by atoms with E-state index < -0.39 is 49.1 Å². The number of nitrogens with zero attached hydrogens (tertiary/aromatic N) is 1. The molecule has 3 N–H and O–H groups in total. The highest BCUT2D eigenvalue weighted by molar-refractivity contribution is 6.58. The Bertz CT molecular complexity index is 883. The molecular formula is C27H47BN4O14. The molecule has 19 heteroatoms. The molecular weight excluding hydrogens is 615 g/mol. The molecule has 0 saturated heterocycles. The smallest absolute Gasteiger partial charge is 0.407 e. The van der Waals surface area contributed by atoms with Crippen LogP contribution in [-0.2, 0) is 52.3 Å². The summed E-state index contributed by atoms with van der Waals surface area (Å²) in [6.45, 7) is 4.88. The molecule has 0 aromatic rings. The first kappa shape index (κ1) is 42.3. The third-order valence-corrected chi connectivity index (χ3v) is 5.04. The second-order valence-electron chi connectivity index (χ2n) is 9.09. The Labute approximate surface area is 270 Å². The fourth-order valence-electron chi connectivity index (χ4n) is 2.98. The monoisotopic (exact) mass is 662 g/mol. The molecule has 0 bridgehead atoms. The van der Waals surface area contributed by atoms with Crippen LogP contribution in [-0.4, -0.2) is 161 Å². The van der Waals surface area contributed by atoms with E-state index in [2.05, 4.69) is 16.0 Å². The quantitative estimate of drug-likeness (QED) is 0.0401. The van der Waals surface area contributed by atoms with Crippen molar-refractivity contribution in [1.29, 1.82) is 0 Å². The maximum absolute atomic E-state index is 11.9. The number of carbonyl (C=O) groups excluding carboxylic acids is 6. The molecule has 0 aromatic heterocycles. The Morgan fingerprint density at radius 3 is 1.39 bits per heavy atom. The molecule has 0 spiro atoms. The number of amides is 3. The molecule has 0 fully saturated rings. The summed E-state index contributed by atoms with van der Waals surface area (Å²) in [7, 11) is 5.25. The Balaban J connectivity index is 3.88. The van der Waals surface area contributed by atoms with Crippen molar-refractivity contribution in [1.82, 2.24) is 20.9 Å². The van der Waals surface area contributed by atoms with Crippen molar-refractivity contribution < 1.29 is 66.7 Å². The van der Waals surface area contributed by atoms with Crippen molar-refractivity contribution in [2.75, 3.05) is 112 Å². The number of esters is 2. The van der Waals surface area contributed by atoms with Crippen LogP contribution in [0.2, 0.25) is 0 Å². The van der Waals surface area contributed by atoms with Gasteiger partial charge in [-0.25, -0.2) is 24.0 Å². The van der Waals surface area contributed by atoms with E-state index >= 15 is 0 Å². The van der Waals surface area contributed by atoms with Gasteiger partial charge in [0.1, 0.15) is 33.0 Å². The predicted octanol–water partition coefficient (Wildman–Crippen LogP) is -0.882. The van der Waals surface area contributed by atoms with Gasteiger partial charge in [0.05, 0.1) is 51.9 Å². The Morgan fingerprint density at radius 2 is 0.935 bits per heavy atom. The van der Waals surface area contributed by atoms with Gasteiger partial charge >= 0.3 is 30.2 Å². The van der Waals surface area contributed by atoms with Crippen LogP contribution in [0.15, 0.2) is 0 Å². The van der Waals surface area contributed by atoms with Gasteiger partial charge in [-0.1, -0.05) is 13.8 Å². The molecule has 0 rings (SSSR count). The molecule has 2 radical (unpaired) electrons. The highest BCUT2D eigenvalue weighted by atomic mass is 16.6. The van der Waals surface area contributed by atoms with Crippen LogP contribution in [0.1, 0.15) is 26.7 Å². The zero-order valence-corrected chi connectivity index (χ0v) is 26.7. The number of hydrogen-bond donors (Lipinski definition) is 3. The second kappa shape index (κ2) is 30.0. The minimum Gasteiger partial charge on any atom is -0.463 e. The van der Waals surface area contributed by atoms with Gasteiger partial charge in [0.15, 0.2) is 7.85 Å². The van der Waals surface area contributed by atoms with Crippen molar-refractivity contribution in [2.45, 2.75) is 26.7 Å². The van der Waals surface area contributed by atoms with E-state index in [1.54, 1.807) is 0 Å². The van der Waals surface area contributed by atoms with E-state index in [4.69, 9.17) is 45.7 Å². The Hall–Kier alpha value is -3.68. The predicted molar refractivity (Wildman–Crippen MR) is 160 cm³/mol. The first-order valence-electron chi connectivity index (χ1n) is 14.9. The molecule has 46 heavy (non-hydrogen) atoms. The zero-order valence-electron chi connectivity index (χ0n) is 26.7. The lowest BCUT2D eigenvalue weighted by atomic mass is 10.0. The number of hydrogen-bond acceptors (Lipinski definition) is 15. The van der Waals surface area contributed by atoms with Gasteiger partial charge in [-0.2, -0.15) is 0 Å². The third-order valence-electron chi connectivity index (χ3n) is 5.04. The van der Waals surface area contributed by atoms with E-state index in [1.807, 2.05) is 13.8 Å². The van der Waals surface area contributed by atoms with E-state index in [0.29, 0.717) is 39.4 Å². The van der Waals surface area contributed by atoms with Crippen LogP contribution in [0.25, 0.3) is 0 Å². The first-order valence-corrected chi connectivity index (χ1v) is 14.9. The van der Waals surface area contributed by atoms with Gasteiger partial charge in [0, 0.05) is 32.7 Å². The topological polar surface area (TPSA) is 216 Å². The Kier molecular flexibility index (Phi) is 27.6. The summed E-state index contributed by atoms with van der Waals surface area (Å²) in [5.41, 5.74) is -0.627. The minimum atomic E-state index is -0.752. The first-order chi connectivity index (χ1) is 22.2. The molecule has 262 valence electrons. The average Bonchev–Trinajstić information content (AvgIpc) is 3.01. The van der Waals surface area contributed by atoms with Crippen molar-refractivity contribution in [3.63, 3.8) is 0 Å². The van der Waals surface area contributed by atoms with Crippen molar-refractivity contribution in [3.8, 4) is 0 Å². The van der Waals surface area contributed by atoms with E-state index in [1.165, 1.54) is 4.90 Å². The van der Waals surface area contributed by atoms with E-state index in [0.717, 1.165) is 6.42 Å². The summed E-state index contributed by atoms with van der Waals surface area (Å²) in [5, 5.41) is 7.46. The zero-order chi connectivity index (χ0) is 34.3. The standard InChI is InChI=1S/C27H47BN4O14/c1-3-10-44-25(36)29-5-12-39-17-18-40-13-6-30-27(38)46-16-9-32(19-22(28)33)8-15-43-24(35)21-41-20-23(34)42-14-7-31-26(37)45-11-4-2/h3-21H2,1-2H3,(H,29,36)(H,30,38)(H,31,37). The number of ether oxygens (including phenoxy) is 8. The summed E-state index contributed by atoms with van der Waals surface area (Å²) in [6, 6.07) is 0. The largest absolute Gasteiger partial charge is 0.463 e. The second-order valence-corrected chi connectivity index (χ2v) is 9.09. The molecule has 0 unspecified atom stereocenters. The summed E-state index contributed by atoms with van der Waals surface area (Å²) in [6.07, 6.45) is -0.361. The van der Waals surface area contributed by atoms with Gasteiger partial charge in [0.25, 0.3) is 0 Å². The van der Waals surface area contributed by atoms with Crippen LogP contribution in [0.4, 0.5) is 14.4 Å². The van der Waals surface area contributed by atoms with Crippen LogP contribution < -0.4 is 16.0 Å². The molecule has 18 nitrogen and oxygen atoms in total. The minimum absolute atomic E-state index is 0.0567. The van der Waals surface area contributed by atoms with Gasteiger partial charge in [-0.3, -0.25) is 4.90 Å². The van der Waals surface area contributed by atoms with Gasteiger partial charge in [-0.15, -0.1) is 0 Å². The lowest BCUT2D eigenvalue weighted by Crippen LogP contribution is -2.37. The van der Waals surface area contributed by atoms with E-state index in [-0.39, 0.29) is 65.8 Å². The summed E-state index contributed by atoms with van der Waals surface area (Å²) < 4.78 is 40.2. The molecule has 0 aliphatic rings. The van der Waals surface area contributed by atoms with Gasteiger partial charge in [-0.05, 0) is 12.8 Å². The van der Waals surface area contributed by atoms with Gasteiger partial charge < -0.3 is 58.6 Å². The molecule has 0 aromatic carbocycles. The average molecular weight is 662 g/mol. The van der Waals surface area contributed by atoms with Crippen LogP contribution in [0, 0.1) is 0 Å². The molecule has 3 amide bonds. The van der Waals surface area contributed by atoms with Crippen LogP contribution >= 0.6 is 0 Å². The van der Waals surface area contributed by atoms with Gasteiger partial charge in [0.2, 0.25) is 0 Å². The fourth-order valence-corrected chi connectivity index (χ4v) is 2.98. The van der Waals surface area contributed by atoms with Crippen molar-refractivity contribution in [2.24, 2.45) is 0 Å². The van der Waals surface area contributed by atoms with Crippen molar-refractivity contribution >= 4 is 43.7 Å². The SMILES string of the molecule is [B]C(=O)CN(CCOC(=O)COCC(=O)OCCNC(=O)OCCC)CCOC(=O)NCCOCCOCCNC(=O)OCCC. The Morgan fingerprint density at radius 1 is 0.522 bits per heavy atom. The molecule has 0 aliphatic heterocycles. The molecule has 0 saturated carbocycles. The normalized spacial score (nSPS) is 10.5. The summed E-state index contributed by atoms with van der Waals surface area (Å²) >= 11 is 0. The summed E-state index contributed by atoms with van der Waals surface area (Å²) in [5.74, 6) is -1.49. The number of carbonyl (C=O) groups is 6. The lowest BCUT2D eigenvalue weighted by Gasteiger charge is -2.20. The lowest BCUT2D eigenvalue weighted by molar-refractivity contribution is -0.155. The molecule has 0 heterocycles. The van der Waals surface area contributed by atoms with E-state index in [9.17, 15) is 28.8 Å². The number of alkyl carbamates (subject to hydrolysis) is 3. The maximum atomic E-state index is 11.9. The van der Waals surface area contributed by atoms with Crippen molar-refractivity contribution in [3.05, 3.63) is 0 Å². The highest BCUT2D eigenvalue weighted by Crippen LogP contribution is 1.93. The van der Waals surface area contributed by atoms with Crippen LogP contribution in [0.5, 0.6) is 0 Å². The third kappa shape index (κ3) is 29.1. The number of rotatable bonds is 28. The summed E-state index contributed by atoms with van der Waals surface area (Å²) in [4.78, 5) is 70.7. The highest BCUT2D eigenvalue weighted by Gasteiger charge is 2.12. The maximum Gasteiger partial charge on any atom is 0.407 e.